The first-order chi connectivity index (χ1) is 9.45. The number of esters is 1. The molecule has 1 rings (SSSR count). The van der Waals surface area contributed by atoms with E-state index >= 15 is 0 Å². The monoisotopic (exact) mass is 337 g/mol. The van der Waals surface area contributed by atoms with Crippen LogP contribution in [0.3, 0.4) is 0 Å². The summed E-state index contributed by atoms with van der Waals surface area (Å²) in [5, 5.41) is -0.0895. The maximum atomic E-state index is 12.8. The highest BCUT2D eigenvalue weighted by Crippen LogP contribution is 2.27. The zero-order chi connectivity index (χ0) is 16.4. The summed E-state index contributed by atoms with van der Waals surface area (Å²) >= 11 is 5.86. The number of hydrogen-bond donors (Lipinski definition) is 1. The molecule has 0 saturated carbocycles. The number of carbonyl (C=O) groups is 2. The molecule has 6 nitrogen and oxygen atoms in total. The summed E-state index contributed by atoms with van der Waals surface area (Å²) in [5.41, 5.74) is 3.84. The molecule has 0 saturated heterocycles. The second kappa shape index (κ2) is 5.98. The zero-order valence-electron chi connectivity index (χ0n) is 11.2. The second-order valence-electron chi connectivity index (χ2n) is 4.56. The van der Waals surface area contributed by atoms with Crippen molar-refractivity contribution in [3.63, 3.8) is 0 Å². The number of nitrogens with two attached hydrogens (primary N) is 1. The van der Waals surface area contributed by atoms with Crippen LogP contribution in [0.25, 0.3) is 0 Å². The lowest BCUT2D eigenvalue weighted by molar-refractivity contribution is -0.163. The lowest BCUT2D eigenvalue weighted by Crippen LogP contribution is -2.46. The Morgan fingerprint density at radius 3 is 2.38 bits per heavy atom. The molecule has 1 unspecified atom stereocenters. The molecule has 1 atom stereocenters. The first-order valence-electron chi connectivity index (χ1n) is 5.68. The van der Waals surface area contributed by atoms with Crippen LogP contribution in [0, 0.1) is 0 Å². The van der Waals surface area contributed by atoms with Gasteiger partial charge in [-0.25, -0.2) is 0 Å². The molecule has 0 aliphatic rings. The highest BCUT2D eigenvalue weighted by Gasteiger charge is 2.35. The topological polar surface area (TPSA) is 104 Å². The van der Waals surface area contributed by atoms with Crippen molar-refractivity contribution in [1.82, 2.24) is 0 Å². The van der Waals surface area contributed by atoms with Crippen LogP contribution in [0.5, 0.6) is 0 Å². The van der Waals surface area contributed by atoms with Crippen LogP contribution in [0.2, 0.25) is 5.02 Å². The van der Waals surface area contributed by atoms with Crippen LogP contribution in [0.1, 0.15) is 19.4 Å². The number of ether oxygens (including phenoxy) is 1. The van der Waals surface area contributed by atoms with E-state index in [0.29, 0.717) is 0 Å². The molecule has 1 aromatic carbocycles. The highest BCUT2D eigenvalue weighted by molar-refractivity contribution is 7.86. The molecular formula is C12H13ClFNO5S. The third kappa shape index (κ3) is 4.40. The smallest absolute Gasteiger partial charge is 0.332 e. The van der Waals surface area contributed by atoms with Crippen LogP contribution >= 0.6 is 11.6 Å². The molecule has 1 aromatic rings. The lowest BCUT2D eigenvalue weighted by atomic mass is 9.95. The van der Waals surface area contributed by atoms with Gasteiger partial charge in [0.1, 0.15) is 0 Å². The third-order valence-electron chi connectivity index (χ3n) is 2.72. The van der Waals surface area contributed by atoms with E-state index in [2.05, 4.69) is 0 Å². The third-order valence-corrected chi connectivity index (χ3v) is 3.89. The van der Waals surface area contributed by atoms with E-state index in [0.717, 1.165) is 19.1 Å². The number of benzene rings is 1. The van der Waals surface area contributed by atoms with Crippen LogP contribution in [0.15, 0.2) is 23.1 Å². The second-order valence-corrected chi connectivity index (χ2v) is 6.31. The lowest BCUT2D eigenvalue weighted by Gasteiger charge is -2.26. The van der Waals surface area contributed by atoms with Crippen LogP contribution < -0.4 is 5.73 Å². The normalized spacial score (nSPS) is 14.3. The van der Waals surface area contributed by atoms with Gasteiger partial charge < -0.3 is 10.5 Å². The van der Waals surface area contributed by atoms with Crippen molar-refractivity contribution in [3.05, 3.63) is 28.8 Å². The molecule has 0 fully saturated rings. The largest absolute Gasteiger partial charge is 0.449 e. The fraction of sp³-hybridized carbons (Fsp3) is 0.333. The van der Waals surface area contributed by atoms with Gasteiger partial charge in [0.15, 0.2) is 5.60 Å². The van der Waals surface area contributed by atoms with Gasteiger partial charge in [-0.05, 0) is 24.6 Å². The van der Waals surface area contributed by atoms with E-state index in [4.69, 9.17) is 22.1 Å². The van der Waals surface area contributed by atoms with Crippen LogP contribution in [-0.4, -0.2) is 25.9 Å². The summed E-state index contributed by atoms with van der Waals surface area (Å²) in [5.74, 6) is -1.61. The molecule has 2 N–H and O–H groups in total. The number of hydrogen-bond acceptors (Lipinski definition) is 5. The Kier molecular flexibility index (Phi) is 4.95. The minimum absolute atomic E-state index is 0.0895. The standard InChI is InChI=1S/C12H13ClFNO5S/c1-7(16)20-12(2,11(15)17)6-8-3-4-9(5-10(8)13)21(14,18)19/h3-5H,6H2,1-2H3,(H2,15,17). The molecular weight excluding hydrogens is 325 g/mol. The maximum absolute atomic E-state index is 12.8. The minimum atomic E-state index is -4.88. The molecule has 0 aliphatic heterocycles. The van der Waals surface area contributed by atoms with Crippen molar-refractivity contribution in [3.8, 4) is 0 Å². The van der Waals surface area contributed by atoms with Crippen molar-refractivity contribution >= 4 is 33.7 Å². The SMILES string of the molecule is CC(=O)OC(C)(Cc1ccc(S(=O)(=O)F)cc1Cl)C(N)=O. The average Bonchev–Trinajstić information content (AvgIpc) is 2.29. The predicted molar refractivity (Wildman–Crippen MR) is 72.8 cm³/mol. The number of amides is 1. The van der Waals surface area contributed by atoms with Crippen molar-refractivity contribution < 1.29 is 26.6 Å². The summed E-state index contributed by atoms with van der Waals surface area (Å²) in [7, 11) is -4.88. The first-order valence-corrected chi connectivity index (χ1v) is 7.44. The van der Waals surface area contributed by atoms with E-state index < -0.39 is 32.6 Å². The minimum Gasteiger partial charge on any atom is -0.449 e. The molecule has 21 heavy (non-hydrogen) atoms. The Morgan fingerprint density at radius 2 is 2.00 bits per heavy atom. The molecule has 0 aliphatic carbocycles. The summed E-state index contributed by atoms with van der Waals surface area (Å²) < 4.78 is 39.3. The van der Waals surface area contributed by atoms with Gasteiger partial charge in [0.2, 0.25) is 0 Å². The number of rotatable bonds is 5. The van der Waals surface area contributed by atoms with E-state index in [1.807, 2.05) is 0 Å². The Labute approximate surface area is 126 Å². The predicted octanol–water partition coefficient (Wildman–Crippen LogP) is 1.35. The molecule has 116 valence electrons. The fourth-order valence-electron chi connectivity index (χ4n) is 1.68. The zero-order valence-corrected chi connectivity index (χ0v) is 12.8. The Bertz CT molecular complexity index is 691. The van der Waals surface area contributed by atoms with Crippen molar-refractivity contribution in [1.29, 1.82) is 0 Å². The number of primary amides is 1. The van der Waals surface area contributed by atoms with Crippen molar-refractivity contribution in [2.24, 2.45) is 5.73 Å². The van der Waals surface area contributed by atoms with Gasteiger partial charge in [-0.2, -0.15) is 8.42 Å². The van der Waals surface area contributed by atoms with Gasteiger partial charge in [-0.15, -0.1) is 3.89 Å². The summed E-state index contributed by atoms with van der Waals surface area (Å²) in [4.78, 5) is 21.9. The Morgan fingerprint density at radius 1 is 1.43 bits per heavy atom. The molecule has 0 bridgehead atoms. The van der Waals surface area contributed by atoms with Gasteiger partial charge in [-0.1, -0.05) is 17.7 Å². The van der Waals surface area contributed by atoms with Gasteiger partial charge >= 0.3 is 16.2 Å². The van der Waals surface area contributed by atoms with E-state index in [1.165, 1.54) is 13.0 Å². The van der Waals surface area contributed by atoms with Crippen LogP contribution in [-0.2, 0) is 31.0 Å². The summed E-state index contributed by atoms with van der Waals surface area (Å²) in [6.45, 7) is 2.41. The molecule has 0 heterocycles. The Balaban J connectivity index is 3.17. The quantitative estimate of drug-likeness (QED) is 0.645. The average molecular weight is 338 g/mol. The number of halogens is 2. The summed E-state index contributed by atoms with van der Waals surface area (Å²) in [6, 6.07) is 3.12. The number of carbonyl (C=O) groups excluding carboxylic acids is 2. The molecule has 0 radical (unpaired) electrons. The van der Waals surface area contributed by atoms with Gasteiger partial charge in [0.05, 0.1) is 4.90 Å². The highest BCUT2D eigenvalue weighted by atomic mass is 35.5. The maximum Gasteiger partial charge on any atom is 0.332 e. The molecule has 0 aromatic heterocycles. The van der Waals surface area contributed by atoms with E-state index in [-0.39, 0.29) is 17.0 Å². The molecule has 9 heteroatoms. The fourth-order valence-corrected chi connectivity index (χ4v) is 2.48. The molecule has 1 amide bonds. The Hall–Kier alpha value is -1.67. The van der Waals surface area contributed by atoms with Gasteiger partial charge in [-0.3, -0.25) is 9.59 Å². The van der Waals surface area contributed by atoms with Crippen molar-refractivity contribution in [2.75, 3.05) is 0 Å². The molecule has 0 spiro atoms. The summed E-state index contributed by atoms with van der Waals surface area (Å²) in [6.07, 6.45) is -0.173. The van der Waals surface area contributed by atoms with Crippen molar-refractivity contribution in [2.45, 2.75) is 30.8 Å². The van der Waals surface area contributed by atoms with Crippen LogP contribution in [0.4, 0.5) is 3.89 Å². The van der Waals surface area contributed by atoms with Gasteiger partial charge in [0, 0.05) is 18.4 Å². The van der Waals surface area contributed by atoms with E-state index in [1.54, 1.807) is 0 Å². The first kappa shape index (κ1) is 17.4. The van der Waals surface area contributed by atoms with Gasteiger partial charge in [0.25, 0.3) is 5.91 Å². The van der Waals surface area contributed by atoms with E-state index in [9.17, 15) is 21.9 Å².